The van der Waals surface area contributed by atoms with E-state index in [0.717, 1.165) is 32.1 Å². The van der Waals surface area contributed by atoms with E-state index in [1.807, 2.05) is 6.08 Å². The molecule has 48 heavy (non-hydrogen) atoms. The highest BCUT2D eigenvalue weighted by Gasteiger charge is 2.59. The van der Waals surface area contributed by atoms with Crippen LogP contribution < -0.4 is 5.73 Å². The standard InChI is InChI=1S/C31H49N4O12P/c1-19(2)28(38)41-17-44-48(40,45-18-42-29(39)30(3,4)5)43-15-22-25(46-24(36)14-20-10-8-7-9-11-20)26(37)31(6,47-22)23-13-12-21-27(32)33-16-34-35(21)23/h13,16,19-22,25-26,37H,7-12,14-15,17-18H2,1-6H3,(H2,32,33,34)/t21?,22-,25-,26-,31+,48?/m1/s1. The Balaban J connectivity index is 1.52. The lowest BCUT2D eigenvalue weighted by Gasteiger charge is -2.36. The minimum absolute atomic E-state index is 0.168. The summed E-state index contributed by atoms with van der Waals surface area (Å²) in [6.07, 6.45) is 4.87. The third-order valence-corrected chi connectivity index (χ3v) is 10.00. The number of esters is 3. The number of aliphatic imine (C=N–C) groups is 1. The zero-order valence-corrected chi connectivity index (χ0v) is 29.4. The molecular formula is C31H49N4O12P. The molecule has 0 spiro atoms. The predicted molar refractivity (Wildman–Crippen MR) is 171 cm³/mol. The summed E-state index contributed by atoms with van der Waals surface area (Å²) in [6, 6.07) is -0.383. The summed E-state index contributed by atoms with van der Waals surface area (Å²) in [6.45, 7) is 7.54. The number of aliphatic hydroxyl groups excluding tert-OH is 1. The first kappa shape index (κ1) is 37.9. The molecule has 3 heterocycles. The molecule has 16 nitrogen and oxygen atoms in total. The number of nitrogens with two attached hydrogens (primary N) is 1. The van der Waals surface area contributed by atoms with E-state index in [9.17, 15) is 24.1 Å². The molecule has 1 saturated carbocycles. The largest absolute Gasteiger partial charge is 0.480 e. The van der Waals surface area contributed by atoms with Gasteiger partial charge in [-0.05, 0) is 52.9 Å². The average Bonchev–Trinajstić information content (AvgIpc) is 3.57. The summed E-state index contributed by atoms with van der Waals surface area (Å²) in [7, 11) is -4.61. The van der Waals surface area contributed by atoms with Crippen molar-refractivity contribution in [2.75, 3.05) is 20.2 Å². The maximum Gasteiger partial charge on any atom is 0.480 e. The average molecular weight is 701 g/mol. The van der Waals surface area contributed by atoms with Gasteiger partial charge in [0.1, 0.15) is 36.0 Å². The van der Waals surface area contributed by atoms with Crippen molar-refractivity contribution in [2.24, 2.45) is 33.1 Å². The number of hydrogen-bond donors (Lipinski definition) is 2. The zero-order valence-electron chi connectivity index (χ0n) is 28.5. The first-order valence-corrected chi connectivity index (χ1v) is 17.8. The fourth-order valence-corrected chi connectivity index (χ4v) is 6.78. The molecule has 0 aromatic heterocycles. The molecule has 0 radical (unpaired) electrons. The number of hydrogen-bond acceptors (Lipinski definition) is 16. The van der Waals surface area contributed by atoms with E-state index in [0.29, 0.717) is 18.0 Å². The van der Waals surface area contributed by atoms with Crippen LogP contribution in [-0.2, 0) is 51.5 Å². The highest BCUT2D eigenvalue weighted by atomic mass is 31.2. The first-order valence-electron chi connectivity index (χ1n) is 16.3. The van der Waals surface area contributed by atoms with Crippen LogP contribution in [0.15, 0.2) is 21.9 Å². The number of phosphoric acid groups is 1. The fraction of sp³-hybridized carbons (Fsp3) is 0.774. The third kappa shape index (κ3) is 9.21. The molecule has 2 unspecified atom stereocenters. The molecule has 3 aliphatic heterocycles. The van der Waals surface area contributed by atoms with Crippen molar-refractivity contribution in [3.05, 3.63) is 11.8 Å². The molecule has 6 atom stereocenters. The lowest BCUT2D eigenvalue weighted by Crippen LogP contribution is -2.50. The van der Waals surface area contributed by atoms with Gasteiger partial charge in [0.15, 0.2) is 6.10 Å². The molecule has 4 aliphatic rings. The van der Waals surface area contributed by atoms with Crippen LogP contribution in [0.5, 0.6) is 0 Å². The van der Waals surface area contributed by atoms with Crippen LogP contribution in [0.2, 0.25) is 0 Å². The second-order valence-electron chi connectivity index (χ2n) is 13.9. The van der Waals surface area contributed by atoms with Gasteiger partial charge in [-0.2, -0.15) is 5.10 Å². The number of amidine groups is 1. The molecular weight excluding hydrogens is 651 g/mol. The molecule has 1 saturated heterocycles. The van der Waals surface area contributed by atoms with Crippen molar-refractivity contribution in [2.45, 2.75) is 116 Å². The monoisotopic (exact) mass is 700 g/mol. The normalized spacial score (nSPS) is 28.8. The molecule has 0 aromatic carbocycles. The Labute approximate surface area is 280 Å². The number of nitrogens with zero attached hydrogens (tertiary/aromatic N) is 3. The number of hydrazone groups is 1. The van der Waals surface area contributed by atoms with Gasteiger partial charge < -0.3 is 29.8 Å². The van der Waals surface area contributed by atoms with Crippen molar-refractivity contribution < 1.29 is 56.6 Å². The Morgan fingerprint density at radius 1 is 1.12 bits per heavy atom. The number of ether oxygens (including phenoxy) is 4. The minimum Gasteiger partial charge on any atom is -0.457 e. The highest BCUT2D eigenvalue weighted by molar-refractivity contribution is 7.48. The first-order chi connectivity index (χ1) is 22.5. The van der Waals surface area contributed by atoms with Crippen LogP contribution in [0.4, 0.5) is 0 Å². The molecule has 2 fully saturated rings. The Morgan fingerprint density at radius 2 is 1.79 bits per heavy atom. The van der Waals surface area contributed by atoms with Gasteiger partial charge in [-0.1, -0.05) is 39.2 Å². The predicted octanol–water partition coefficient (Wildman–Crippen LogP) is 3.52. The lowest BCUT2D eigenvalue weighted by atomic mass is 9.87. The zero-order chi connectivity index (χ0) is 35.3. The second-order valence-corrected chi connectivity index (χ2v) is 15.5. The number of aliphatic hydroxyl groups is 1. The van der Waals surface area contributed by atoms with Gasteiger partial charge in [-0.25, -0.2) is 18.6 Å². The van der Waals surface area contributed by atoms with E-state index in [-0.39, 0.29) is 18.4 Å². The third-order valence-electron chi connectivity index (χ3n) is 8.69. The Kier molecular flexibility index (Phi) is 12.5. The van der Waals surface area contributed by atoms with Crippen molar-refractivity contribution in [3.8, 4) is 0 Å². The van der Waals surface area contributed by atoms with Crippen LogP contribution in [0.1, 0.15) is 86.5 Å². The topological polar surface area (TPSA) is 207 Å². The van der Waals surface area contributed by atoms with E-state index in [4.69, 9.17) is 38.3 Å². The van der Waals surface area contributed by atoms with Crippen molar-refractivity contribution in [3.63, 3.8) is 0 Å². The smallest absolute Gasteiger partial charge is 0.457 e. The molecule has 17 heteroatoms. The van der Waals surface area contributed by atoms with Crippen molar-refractivity contribution >= 4 is 37.9 Å². The fourth-order valence-electron chi connectivity index (χ4n) is 5.87. The van der Waals surface area contributed by atoms with Crippen LogP contribution in [-0.4, -0.2) is 90.3 Å². The molecule has 1 aliphatic carbocycles. The molecule has 0 bridgehead atoms. The van der Waals surface area contributed by atoms with E-state index >= 15 is 0 Å². The number of phosphoric ester groups is 1. The molecule has 0 amide bonds. The minimum atomic E-state index is -4.61. The van der Waals surface area contributed by atoms with Crippen molar-refractivity contribution in [1.29, 1.82) is 0 Å². The molecule has 270 valence electrons. The Bertz CT molecular complexity index is 1320. The maximum atomic E-state index is 13.7. The maximum absolute atomic E-state index is 13.7. The summed E-state index contributed by atoms with van der Waals surface area (Å²) >= 11 is 0. The van der Waals surface area contributed by atoms with Gasteiger partial charge in [-0.3, -0.25) is 23.9 Å². The Hall–Kier alpha value is -2.88. The molecule has 3 N–H and O–H groups in total. The summed E-state index contributed by atoms with van der Waals surface area (Å²) in [5.74, 6) is -1.77. The van der Waals surface area contributed by atoms with E-state index in [2.05, 4.69) is 10.1 Å². The summed E-state index contributed by atoms with van der Waals surface area (Å²) in [4.78, 5) is 41.5. The molecule has 4 rings (SSSR count). The van der Waals surface area contributed by atoms with Gasteiger partial charge in [-0.15, -0.1) is 0 Å². The number of carbonyl (C=O) groups is 3. The summed E-state index contributed by atoms with van der Waals surface area (Å²) in [5, 5.41) is 17.6. The summed E-state index contributed by atoms with van der Waals surface area (Å²) < 4.78 is 52.1. The number of rotatable bonds is 14. The Morgan fingerprint density at radius 3 is 2.44 bits per heavy atom. The van der Waals surface area contributed by atoms with Crippen LogP contribution in [0.25, 0.3) is 0 Å². The van der Waals surface area contributed by atoms with Gasteiger partial charge in [0.2, 0.25) is 13.6 Å². The number of fused-ring (bicyclic) bond motifs is 1. The van der Waals surface area contributed by atoms with Crippen LogP contribution in [0, 0.1) is 17.3 Å². The van der Waals surface area contributed by atoms with Gasteiger partial charge in [0.05, 0.1) is 23.6 Å². The lowest BCUT2D eigenvalue weighted by molar-refractivity contribution is -0.162. The second kappa shape index (κ2) is 15.8. The van der Waals surface area contributed by atoms with E-state index in [1.54, 1.807) is 46.6 Å². The van der Waals surface area contributed by atoms with Crippen molar-refractivity contribution in [1.82, 2.24) is 5.01 Å². The molecule has 0 aromatic rings. The van der Waals surface area contributed by atoms with Gasteiger partial charge in [0, 0.05) is 6.42 Å². The van der Waals surface area contributed by atoms with Crippen LogP contribution in [0.3, 0.4) is 0 Å². The van der Waals surface area contributed by atoms with Gasteiger partial charge in [0.25, 0.3) is 0 Å². The van der Waals surface area contributed by atoms with Crippen LogP contribution >= 0.6 is 7.82 Å². The SMILES string of the molecule is CC(C)C(=O)OCOP(=O)(OCOC(=O)C(C)(C)C)OC[C@H]1O[C@@](C)(C2=CCC3C(N)=NC=NN23)[C@H](O)[C@@H]1OC(=O)CC1CCCCC1. The number of carbonyl (C=O) groups excluding carboxylic acids is 3. The van der Waals surface area contributed by atoms with E-state index < -0.39 is 81.2 Å². The highest BCUT2D eigenvalue weighted by Crippen LogP contribution is 2.51. The van der Waals surface area contributed by atoms with Gasteiger partial charge >= 0.3 is 25.7 Å². The summed E-state index contributed by atoms with van der Waals surface area (Å²) in [5.41, 5.74) is 4.20. The quantitative estimate of drug-likeness (QED) is 0.115. The van der Waals surface area contributed by atoms with E-state index in [1.165, 1.54) is 6.34 Å².